The fourth-order valence-electron chi connectivity index (χ4n) is 3.50. The van der Waals surface area contributed by atoms with E-state index in [-0.39, 0.29) is 38.3 Å². The minimum absolute atomic E-state index is 0.0139. The van der Waals surface area contributed by atoms with Crippen molar-refractivity contribution in [3.8, 4) is 5.69 Å². The Balaban J connectivity index is 2.06. The molecule has 0 bridgehead atoms. The number of benzene rings is 2. The second-order valence-corrected chi connectivity index (χ2v) is 7.78. The van der Waals surface area contributed by atoms with Crippen LogP contribution in [-0.2, 0) is 4.74 Å². The molecular weight excluding hydrogens is 459 g/mol. The molecule has 0 radical (unpaired) electrons. The summed E-state index contributed by atoms with van der Waals surface area (Å²) in [4.78, 5) is 21.3. The first kappa shape index (κ1) is 22.2. The van der Waals surface area contributed by atoms with Crippen molar-refractivity contribution in [2.45, 2.75) is 19.9 Å². The predicted octanol–water partition coefficient (Wildman–Crippen LogP) is 5.74. The van der Waals surface area contributed by atoms with Gasteiger partial charge < -0.3 is 9.30 Å². The van der Waals surface area contributed by atoms with Crippen LogP contribution in [0.15, 0.2) is 52.6 Å². The highest BCUT2D eigenvalue weighted by Gasteiger charge is 2.29. The normalized spacial score (nSPS) is 15.2. The molecule has 1 unspecified atom stereocenters. The van der Waals surface area contributed by atoms with E-state index in [1.165, 1.54) is 18.4 Å². The number of halogens is 4. The van der Waals surface area contributed by atoms with E-state index < -0.39 is 23.2 Å². The first-order chi connectivity index (χ1) is 15.3. The molecule has 1 atom stereocenters. The highest BCUT2D eigenvalue weighted by molar-refractivity contribution is 6.45. The van der Waals surface area contributed by atoms with Crippen molar-refractivity contribution >= 4 is 35.0 Å². The zero-order valence-corrected chi connectivity index (χ0v) is 18.6. The Kier molecular flexibility index (Phi) is 6.13. The molecule has 0 N–H and O–H groups in total. The van der Waals surface area contributed by atoms with Crippen molar-refractivity contribution in [3.63, 3.8) is 0 Å². The van der Waals surface area contributed by atoms with Crippen molar-refractivity contribution in [2.75, 3.05) is 6.61 Å². The molecule has 0 aliphatic carbocycles. The molecule has 0 saturated carbocycles. The van der Waals surface area contributed by atoms with E-state index in [0.717, 1.165) is 12.1 Å². The molecular formula is C23H17Cl2F2N3O2. The van der Waals surface area contributed by atoms with E-state index in [4.69, 9.17) is 27.9 Å². The summed E-state index contributed by atoms with van der Waals surface area (Å²) in [5.74, 6) is -1.31. The largest absolute Gasteiger partial charge is 0.501 e. The standard InChI is InChI=1S/C23H17Cl2F2N3O2/c1-3-32-10-9-13-11-30-17-8-7-14(24)20(25)19(17)21(18-15(26)5-4-6-16(18)27)28-12(2)22(30)29-23(13)31/h4-12H,3H2,1-2H3/b10-9+. The number of ether oxygens (including phenoxy) is 1. The predicted molar refractivity (Wildman–Crippen MR) is 121 cm³/mol. The van der Waals surface area contributed by atoms with Crippen molar-refractivity contribution in [1.29, 1.82) is 0 Å². The van der Waals surface area contributed by atoms with Crippen LogP contribution in [0.5, 0.6) is 0 Å². The van der Waals surface area contributed by atoms with Gasteiger partial charge in [-0.1, -0.05) is 29.3 Å². The summed E-state index contributed by atoms with van der Waals surface area (Å²) in [6.07, 6.45) is 4.46. The van der Waals surface area contributed by atoms with Crippen LogP contribution in [0.25, 0.3) is 11.8 Å². The lowest BCUT2D eigenvalue weighted by atomic mass is 9.99. The molecule has 2 heterocycles. The monoisotopic (exact) mass is 475 g/mol. The van der Waals surface area contributed by atoms with Crippen molar-refractivity contribution < 1.29 is 13.5 Å². The van der Waals surface area contributed by atoms with Gasteiger partial charge in [0.15, 0.2) is 0 Å². The summed E-state index contributed by atoms with van der Waals surface area (Å²) in [5, 5.41) is 0.271. The van der Waals surface area contributed by atoms with E-state index in [9.17, 15) is 13.6 Å². The van der Waals surface area contributed by atoms with Crippen molar-refractivity contribution in [3.05, 3.63) is 97.3 Å². The minimum Gasteiger partial charge on any atom is -0.501 e. The maximum Gasteiger partial charge on any atom is 0.280 e. The Morgan fingerprint density at radius 1 is 1.16 bits per heavy atom. The van der Waals surface area contributed by atoms with Gasteiger partial charge in [0.05, 0.1) is 45.4 Å². The van der Waals surface area contributed by atoms with Crippen LogP contribution in [0.2, 0.25) is 10.0 Å². The topological polar surface area (TPSA) is 56.5 Å². The van der Waals surface area contributed by atoms with Gasteiger partial charge in [-0.25, -0.2) is 8.78 Å². The van der Waals surface area contributed by atoms with Crippen LogP contribution in [-0.4, -0.2) is 21.9 Å². The molecule has 5 nitrogen and oxygen atoms in total. The lowest BCUT2D eigenvalue weighted by Crippen LogP contribution is -2.20. The third-order valence-electron chi connectivity index (χ3n) is 4.95. The zero-order chi connectivity index (χ0) is 23.0. The molecule has 1 aromatic heterocycles. The number of rotatable bonds is 4. The van der Waals surface area contributed by atoms with Gasteiger partial charge in [-0.15, -0.1) is 0 Å². The molecule has 1 aliphatic rings. The summed E-state index contributed by atoms with van der Waals surface area (Å²) in [7, 11) is 0. The average Bonchev–Trinajstić information content (AvgIpc) is 2.86. The molecule has 0 spiro atoms. The van der Waals surface area contributed by atoms with Crippen LogP contribution in [0.3, 0.4) is 0 Å². The molecule has 0 amide bonds. The maximum absolute atomic E-state index is 14.8. The lowest BCUT2D eigenvalue weighted by molar-refractivity contribution is 0.272. The highest BCUT2D eigenvalue weighted by Crippen LogP contribution is 2.37. The Hall–Kier alpha value is -3.03. The fourth-order valence-corrected chi connectivity index (χ4v) is 3.91. The summed E-state index contributed by atoms with van der Waals surface area (Å²) in [5.41, 5.74) is 0.0814. The molecule has 32 heavy (non-hydrogen) atoms. The van der Waals surface area contributed by atoms with Gasteiger partial charge in [0.2, 0.25) is 0 Å². The van der Waals surface area contributed by atoms with Gasteiger partial charge in [-0.3, -0.25) is 9.79 Å². The van der Waals surface area contributed by atoms with Crippen LogP contribution >= 0.6 is 23.2 Å². The Labute approximate surface area is 192 Å². The van der Waals surface area contributed by atoms with Gasteiger partial charge in [-0.05, 0) is 44.2 Å². The molecule has 9 heteroatoms. The second-order valence-electron chi connectivity index (χ2n) is 6.99. The summed E-state index contributed by atoms with van der Waals surface area (Å²) < 4.78 is 36.3. The number of aliphatic imine (C=N–C) groups is 1. The highest BCUT2D eigenvalue weighted by atomic mass is 35.5. The first-order valence-corrected chi connectivity index (χ1v) is 10.5. The molecule has 164 valence electrons. The number of hydrogen-bond acceptors (Lipinski definition) is 4. The average molecular weight is 476 g/mol. The van der Waals surface area contributed by atoms with Gasteiger partial charge >= 0.3 is 0 Å². The molecule has 4 rings (SSSR count). The number of hydrogen-bond donors (Lipinski definition) is 0. The quantitative estimate of drug-likeness (QED) is 0.452. The van der Waals surface area contributed by atoms with Crippen LogP contribution < -0.4 is 5.56 Å². The summed E-state index contributed by atoms with van der Waals surface area (Å²) in [6.45, 7) is 3.93. The zero-order valence-electron chi connectivity index (χ0n) is 17.1. The van der Waals surface area contributed by atoms with E-state index in [0.29, 0.717) is 12.3 Å². The van der Waals surface area contributed by atoms with Gasteiger partial charge in [0.1, 0.15) is 23.5 Å². The molecule has 3 aromatic rings. The fraction of sp³-hybridized carbons (Fsp3) is 0.174. The number of fused-ring (bicyclic) bond motifs is 3. The van der Waals surface area contributed by atoms with Crippen molar-refractivity contribution in [2.24, 2.45) is 4.99 Å². The first-order valence-electron chi connectivity index (χ1n) is 9.76. The second kappa shape index (κ2) is 8.84. The molecule has 0 fully saturated rings. The summed E-state index contributed by atoms with van der Waals surface area (Å²) >= 11 is 12.8. The van der Waals surface area contributed by atoms with Crippen molar-refractivity contribution in [1.82, 2.24) is 9.55 Å². The van der Waals surface area contributed by atoms with Gasteiger partial charge in [0.25, 0.3) is 5.56 Å². The number of aromatic nitrogens is 2. The van der Waals surface area contributed by atoms with E-state index in [1.54, 1.807) is 29.8 Å². The summed E-state index contributed by atoms with van der Waals surface area (Å²) in [6, 6.07) is 6.02. The van der Waals surface area contributed by atoms with E-state index in [1.807, 2.05) is 6.92 Å². The molecule has 0 saturated heterocycles. The Bertz CT molecular complexity index is 1320. The smallest absolute Gasteiger partial charge is 0.280 e. The Morgan fingerprint density at radius 3 is 2.56 bits per heavy atom. The van der Waals surface area contributed by atoms with E-state index in [2.05, 4.69) is 9.98 Å². The number of nitrogens with zero attached hydrogens (tertiary/aromatic N) is 3. The van der Waals surface area contributed by atoms with Gasteiger partial charge in [0, 0.05) is 11.8 Å². The molecule has 2 aromatic carbocycles. The molecule has 1 aliphatic heterocycles. The third kappa shape index (κ3) is 3.82. The van der Waals surface area contributed by atoms with Crippen LogP contribution in [0.4, 0.5) is 8.78 Å². The van der Waals surface area contributed by atoms with Crippen LogP contribution in [0, 0.1) is 11.6 Å². The van der Waals surface area contributed by atoms with E-state index >= 15 is 0 Å². The SMILES string of the molecule is CCO/C=C/c1cn2c(nc1=O)C(C)N=C(c1c(F)cccc1F)c1c-2ccc(Cl)c1Cl. The Morgan fingerprint density at radius 2 is 1.88 bits per heavy atom. The third-order valence-corrected chi connectivity index (χ3v) is 5.76. The maximum atomic E-state index is 14.8. The minimum atomic E-state index is -0.799. The van der Waals surface area contributed by atoms with Crippen LogP contribution in [0.1, 0.15) is 42.4 Å². The van der Waals surface area contributed by atoms with Gasteiger partial charge in [-0.2, -0.15) is 4.98 Å². The lowest BCUT2D eigenvalue weighted by Gasteiger charge is -2.17.